The van der Waals surface area contributed by atoms with Gasteiger partial charge in [0.2, 0.25) is 0 Å². The van der Waals surface area contributed by atoms with Gasteiger partial charge in [-0.15, -0.1) is 0 Å². The highest BCUT2D eigenvalue weighted by Crippen LogP contribution is 2.26. The third kappa shape index (κ3) is 2.30. The molecule has 3 heteroatoms. The Bertz CT molecular complexity index is 731. The molecule has 0 radical (unpaired) electrons. The minimum atomic E-state index is -0.790. The molecule has 1 heterocycles. The predicted octanol–water partition coefficient (Wildman–Crippen LogP) is 3.58. The van der Waals surface area contributed by atoms with E-state index in [1.807, 2.05) is 60.8 Å². The highest BCUT2D eigenvalue weighted by atomic mass is 16.4. The number of aromatic amines is 1. The molecule has 1 aromatic heterocycles. The van der Waals surface area contributed by atoms with E-state index in [-0.39, 0.29) is 0 Å². The van der Waals surface area contributed by atoms with Gasteiger partial charge in [0.1, 0.15) is 0 Å². The number of H-pyrrole nitrogens is 1. The second-order valence-electron chi connectivity index (χ2n) is 4.87. The molecule has 0 saturated heterocycles. The Balaban J connectivity index is 1.97. The highest BCUT2D eigenvalue weighted by molar-refractivity contribution is 5.84. The van der Waals surface area contributed by atoms with Gasteiger partial charge in [0.15, 0.2) is 0 Å². The van der Waals surface area contributed by atoms with Crippen LogP contribution in [0.1, 0.15) is 17.0 Å². The number of benzene rings is 2. The fraction of sp³-hybridized carbons (Fsp3) is 0.118. The average molecular weight is 265 g/mol. The van der Waals surface area contributed by atoms with Crippen molar-refractivity contribution in [2.45, 2.75) is 12.3 Å². The first-order valence-corrected chi connectivity index (χ1v) is 6.58. The Kier molecular flexibility index (Phi) is 3.25. The maximum Gasteiger partial charge on any atom is 0.311 e. The van der Waals surface area contributed by atoms with Crippen LogP contribution < -0.4 is 0 Å². The summed E-state index contributed by atoms with van der Waals surface area (Å²) in [6.07, 6.45) is 2.40. The van der Waals surface area contributed by atoms with Gasteiger partial charge in [-0.1, -0.05) is 48.5 Å². The molecule has 2 N–H and O–H groups in total. The van der Waals surface area contributed by atoms with Crippen molar-refractivity contribution in [3.05, 3.63) is 71.9 Å². The molecule has 0 aliphatic rings. The monoisotopic (exact) mass is 265 g/mol. The van der Waals surface area contributed by atoms with Crippen molar-refractivity contribution < 1.29 is 9.90 Å². The number of nitrogens with one attached hydrogen (secondary N) is 1. The molecule has 0 fully saturated rings. The normalized spacial score (nSPS) is 12.4. The molecule has 3 rings (SSSR count). The molecular formula is C17H15NO2. The number of carbonyl (C=O) groups is 1. The SMILES string of the molecule is O=C(O)[C@H](Cc1c[nH]c2ccccc12)c1ccccc1. The van der Waals surface area contributed by atoms with Crippen molar-refractivity contribution in [3.63, 3.8) is 0 Å². The third-order valence-corrected chi connectivity index (χ3v) is 3.60. The van der Waals surface area contributed by atoms with E-state index < -0.39 is 11.9 Å². The number of carboxylic acids is 1. The van der Waals surface area contributed by atoms with Crippen molar-refractivity contribution in [2.75, 3.05) is 0 Å². The van der Waals surface area contributed by atoms with E-state index in [2.05, 4.69) is 4.98 Å². The van der Waals surface area contributed by atoms with Crippen LogP contribution in [0.2, 0.25) is 0 Å². The Labute approximate surface area is 116 Å². The first kappa shape index (κ1) is 12.5. The van der Waals surface area contributed by atoms with E-state index in [4.69, 9.17) is 0 Å². The lowest BCUT2D eigenvalue weighted by molar-refractivity contribution is -0.138. The summed E-state index contributed by atoms with van der Waals surface area (Å²) in [7, 11) is 0. The second kappa shape index (κ2) is 5.21. The lowest BCUT2D eigenvalue weighted by Gasteiger charge is -2.12. The Morgan fingerprint density at radius 3 is 2.50 bits per heavy atom. The van der Waals surface area contributed by atoms with E-state index >= 15 is 0 Å². The van der Waals surface area contributed by atoms with Crippen LogP contribution in [0, 0.1) is 0 Å². The summed E-state index contributed by atoms with van der Waals surface area (Å²) in [4.78, 5) is 14.7. The molecule has 3 aromatic rings. The molecule has 100 valence electrons. The lowest BCUT2D eigenvalue weighted by Crippen LogP contribution is -2.14. The van der Waals surface area contributed by atoms with Gasteiger partial charge in [0, 0.05) is 17.1 Å². The van der Waals surface area contributed by atoms with Gasteiger partial charge in [-0.05, 0) is 23.6 Å². The summed E-state index contributed by atoms with van der Waals surface area (Å²) < 4.78 is 0. The average Bonchev–Trinajstić information content (AvgIpc) is 2.88. The molecule has 20 heavy (non-hydrogen) atoms. The van der Waals surface area contributed by atoms with Crippen molar-refractivity contribution >= 4 is 16.9 Å². The number of hydrogen-bond acceptors (Lipinski definition) is 1. The second-order valence-corrected chi connectivity index (χ2v) is 4.87. The maximum absolute atomic E-state index is 11.6. The first-order valence-electron chi connectivity index (χ1n) is 6.58. The van der Waals surface area contributed by atoms with Gasteiger partial charge in [0.25, 0.3) is 0 Å². The van der Waals surface area contributed by atoms with Gasteiger partial charge < -0.3 is 10.1 Å². The largest absolute Gasteiger partial charge is 0.481 e. The van der Waals surface area contributed by atoms with Crippen molar-refractivity contribution in [1.82, 2.24) is 4.98 Å². The molecule has 0 aliphatic heterocycles. The standard InChI is InChI=1S/C17H15NO2/c19-17(20)15(12-6-2-1-3-7-12)10-13-11-18-16-9-5-4-8-14(13)16/h1-9,11,15,18H,10H2,(H,19,20)/t15-/m1/s1. The van der Waals surface area contributed by atoms with Crippen LogP contribution in [0.3, 0.4) is 0 Å². The number of aliphatic carboxylic acids is 1. The van der Waals surface area contributed by atoms with Crippen LogP contribution in [0.4, 0.5) is 0 Å². The van der Waals surface area contributed by atoms with E-state index in [1.54, 1.807) is 0 Å². The lowest BCUT2D eigenvalue weighted by atomic mass is 9.92. The molecule has 1 atom stereocenters. The molecular weight excluding hydrogens is 250 g/mol. The van der Waals surface area contributed by atoms with Gasteiger partial charge in [0.05, 0.1) is 5.92 Å². The zero-order valence-electron chi connectivity index (χ0n) is 10.9. The smallest absolute Gasteiger partial charge is 0.311 e. The minimum Gasteiger partial charge on any atom is -0.481 e. The predicted molar refractivity (Wildman–Crippen MR) is 78.8 cm³/mol. The Morgan fingerprint density at radius 1 is 1.05 bits per heavy atom. The van der Waals surface area contributed by atoms with Crippen molar-refractivity contribution in [3.8, 4) is 0 Å². The summed E-state index contributed by atoms with van der Waals surface area (Å²) in [5.74, 6) is -1.31. The minimum absolute atomic E-state index is 0.489. The molecule has 0 spiro atoms. The van der Waals surface area contributed by atoms with Crippen LogP contribution in [-0.2, 0) is 11.2 Å². The summed E-state index contributed by atoms with van der Waals surface area (Å²) in [6.45, 7) is 0. The zero-order chi connectivity index (χ0) is 13.9. The van der Waals surface area contributed by atoms with Gasteiger partial charge in [-0.25, -0.2) is 0 Å². The van der Waals surface area contributed by atoms with E-state index in [1.165, 1.54) is 0 Å². The summed E-state index contributed by atoms with van der Waals surface area (Å²) in [5.41, 5.74) is 2.92. The number of para-hydroxylation sites is 1. The van der Waals surface area contributed by atoms with Crippen molar-refractivity contribution in [2.24, 2.45) is 0 Å². The van der Waals surface area contributed by atoms with Crippen LogP contribution in [-0.4, -0.2) is 16.1 Å². The number of carboxylic acid groups (broad SMARTS) is 1. The van der Waals surface area contributed by atoms with Gasteiger partial charge >= 0.3 is 5.97 Å². The molecule has 0 bridgehead atoms. The molecule has 0 unspecified atom stereocenters. The van der Waals surface area contributed by atoms with Gasteiger partial charge in [-0.3, -0.25) is 4.79 Å². The van der Waals surface area contributed by atoms with E-state index in [0.717, 1.165) is 22.0 Å². The summed E-state index contributed by atoms with van der Waals surface area (Å²) >= 11 is 0. The zero-order valence-corrected chi connectivity index (χ0v) is 10.9. The van der Waals surface area contributed by atoms with Crippen LogP contribution in [0.5, 0.6) is 0 Å². The van der Waals surface area contributed by atoms with E-state index in [0.29, 0.717) is 6.42 Å². The van der Waals surface area contributed by atoms with Crippen LogP contribution >= 0.6 is 0 Å². The molecule has 0 amide bonds. The fourth-order valence-corrected chi connectivity index (χ4v) is 2.55. The summed E-state index contributed by atoms with van der Waals surface area (Å²) in [5, 5.41) is 10.6. The molecule has 0 aliphatic carbocycles. The number of aromatic nitrogens is 1. The Hall–Kier alpha value is -2.55. The summed E-state index contributed by atoms with van der Waals surface area (Å²) in [6, 6.07) is 17.3. The molecule has 2 aromatic carbocycles. The first-order chi connectivity index (χ1) is 9.75. The Morgan fingerprint density at radius 2 is 1.75 bits per heavy atom. The third-order valence-electron chi connectivity index (χ3n) is 3.60. The van der Waals surface area contributed by atoms with Gasteiger partial charge in [-0.2, -0.15) is 0 Å². The van der Waals surface area contributed by atoms with Crippen LogP contribution in [0.25, 0.3) is 10.9 Å². The number of hydrogen-bond donors (Lipinski definition) is 2. The number of rotatable bonds is 4. The topological polar surface area (TPSA) is 53.1 Å². The van der Waals surface area contributed by atoms with Crippen molar-refractivity contribution in [1.29, 1.82) is 0 Å². The maximum atomic E-state index is 11.6. The fourth-order valence-electron chi connectivity index (χ4n) is 2.55. The molecule has 3 nitrogen and oxygen atoms in total. The van der Waals surface area contributed by atoms with Crippen LogP contribution in [0.15, 0.2) is 60.8 Å². The molecule has 0 saturated carbocycles. The number of fused-ring (bicyclic) bond motifs is 1. The highest BCUT2D eigenvalue weighted by Gasteiger charge is 2.21. The quantitative estimate of drug-likeness (QED) is 0.757. The van der Waals surface area contributed by atoms with E-state index in [9.17, 15) is 9.90 Å².